The van der Waals surface area contributed by atoms with Crippen molar-refractivity contribution < 1.29 is 19.2 Å². The smallest absolute Gasteiger partial charge is 0.481 e. The average molecular weight is 289 g/mol. The van der Waals surface area contributed by atoms with Crippen molar-refractivity contribution in [3.63, 3.8) is 0 Å². The Morgan fingerprint density at radius 2 is 1.90 bits per heavy atom. The molecule has 1 fully saturated rings. The molecule has 0 saturated carbocycles. The molecule has 0 amide bonds. The van der Waals surface area contributed by atoms with E-state index in [1.807, 2.05) is 33.8 Å². The van der Waals surface area contributed by atoms with Gasteiger partial charge in [0.2, 0.25) is 0 Å². The monoisotopic (exact) mass is 289 g/mol. The maximum absolute atomic E-state index is 10.7. The summed E-state index contributed by atoms with van der Waals surface area (Å²) in [5.74, 6) is 0.901. The average Bonchev–Trinajstić information content (AvgIpc) is 2.55. The standard InChI is InChI=1S/C15H20BNO4/c1-14(2)15(3,4)21-16(20-14)9-8-11-6-5-7-12(17-11)10-13(18)19/h5-9H,10H2,1-4H3,(H,18,19)/b9-8+. The Hall–Kier alpha value is -1.66. The van der Waals surface area contributed by atoms with E-state index in [0.717, 1.165) is 0 Å². The molecule has 112 valence electrons. The molecular formula is C15H20BNO4. The minimum atomic E-state index is -0.894. The largest absolute Gasteiger partial charge is 0.487 e. The van der Waals surface area contributed by atoms with Gasteiger partial charge in [-0.1, -0.05) is 12.0 Å². The van der Waals surface area contributed by atoms with E-state index in [4.69, 9.17) is 14.4 Å². The summed E-state index contributed by atoms with van der Waals surface area (Å²) in [7, 11) is -0.431. The van der Waals surface area contributed by atoms with Crippen LogP contribution in [0.25, 0.3) is 6.08 Å². The molecule has 1 aromatic rings. The molecule has 0 bridgehead atoms. The summed E-state index contributed by atoms with van der Waals surface area (Å²) in [6.45, 7) is 7.97. The molecule has 1 saturated heterocycles. The fraction of sp³-hybridized carbons (Fsp3) is 0.467. The van der Waals surface area contributed by atoms with E-state index in [1.54, 1.807) is 24.2 Å². The third kappa shape index (κ3) is 3.71. The predicted octanol–water partition coefficient (Wildman–Crippen LogP) is 2.35. The van der Waals surface area contributed by atoms with Crippen LogP contribution < -0.4 is 0 Å². The van der Waals surface area contributed by atoms with Gasteiger partial charge in [0.05, 0.1) is 29.0 Å². The first-order valence-corrected chi connectivity index (χ1v) is 6.91. The number of hydrogen-bond donors (Lipinski definition) is 1. The summed E-state index contributed by atoms with van der Waals surface area (Å²) in [5, 5.41) is 8.78. The number of carboxylic acids is 1. The molecule has 0 aromatic carbocycles. The second-order valence-corrected chi connectivity index (χ2v) is 6.11. The van der Waals surface area contributed by atoms with Gasteiger partial charge in [-0.25, -0.2) is 0 Å². The van der Waals surface area contributed by atoms with Crippen molar-refractivity contribution in [1.82, 2.24) is 4.98 Å². The van der Waals surface area contributed by atoms with Gasteiger partial charge in [-0.15, -0.1) is 0 Å². The van der Waals surface area contributed by atoms with Crippen molar-refractivity contribution >= 4 is 19.2 Å². The molecule has 6 heteroatoms. The lowest BCUT2D eigenvalue weighted by Gasteiger charge is -2.32. The fourth-order valence-electron chi connectivity index (χ4n) is 1.99. The molecular weight excluding hydrogens is 269 g/mol. The Bertz CT molecular complexity index is 553. The molecule has 1 aliphatic rings. The van der Waals surface area contributed by atoms with Gasteiger partial charge in [0.1, 0.15) is 0 Å². The number of carboxylic acid groups (broad SMARTS) is 1. The van der Waals surface area contributed by atoms with Crippen molar-refractivity contribution in [2.45, 2.75) is 45.3 Å². The lowest BCUT2D eigenvalue weighted by Crippen LogP contribution is -2.41. The third-order valence-corrected chi connectivity index (χ3v) is 3.86. The molecule has 21 heavy (non-hydrogen) atoms. The molecule has 0 radical (unpaired) electrons. The number of nitrogens with zero attached hydrogens (tertiary/aromatic N) is 1. The molecule has 0 unspecified atom stereocenters. The first-order valence-electron chi connectivity index (χ1n) is 6.91. The van der Waals surface area contributed by atoms with E-state index < -0.39 is 13.1 Å². The maximum atomic E-state index is 10.7. The number of aliphatic carboxylic acids is 1. The van der Waals surface area contributed by atoms with Crippen LogP contribution in [0.5, 0.6) is 0 Å². The molecule has 1 N–H and O–H groups in total. The Balaban J connectivity index is 2.07. The van der Waals surface area contributed by atoms with Crippen molar-refractivity contribution in [1.29, 1.82) is 0 Å². The number of pyridine rings is 1. The fourth-order valence-corrected chi connectivity index (χ4v) is 1.99. The summed E-state index contributed by atoms with van der Waals surface area (Å²) in [6.07, 6.45) is 1.70. The highest BCUT2D eigenvalue weighted by Crippen LogP contribution is 2.36. The van der Waals surface area contributed by atoms with Crippen LogP contribution in [-0.4, -0.2) is 34.4 Å². The van der Waals surface area contributed by atoms with Gasteiger partial charge >= 0.3 is 13.1 Å². The molecule has 0 spiro atoms. The number of aromatic nitrogens is 1. The van der Waals surface area contributed by atoms with E-state index in [1.165, 1.54) is 0 Å². The molecule has 0 aliphatic carbocycles. The molecule has 2 heterocycles. The highest BCUT2D eigenvalue weighted by Gasteiger charge is 2.49. The van der Waals surface area contributed by atoms with Crippen molar-refractivity contribution in [2.75, 3.05) is 0 Å². The van der Waals surface area contributed by atoms with Gasteiger partial charge in [-0.2, -0.15) is 0 Å². The van der Waals surface area contributed by atoms with Crippen LogP contribution in [0.2, 0.25) is 0 Å². The normalized spacial score (nSPS) is 20.1. The van der Waals surface area contributed by atoms with Crippen LogP contribution in [0.4, 0.5) is 0 Å². The van der Waals surface area contributed by atoms with E-state index in [0.29, 0.717) is 11.4 Å². The Kier molecular flexibility index (Phi) is 4.21. The van der Waals surface area contributed by atoms with Crippen LogP contribution in [-0.2, 0) is 20.5 Å². The number of hydrogen-bond acceptors (Lipinski definition) is 4. The molecule has 0 atom stereocenters. The predicted molar refractivity (Wildman–Crippen MR) is 80.7 cm³/mol. The van der Waals surface area contributed by atoms with Crippen LogP contribution in [0, 0.1) is 0 Å². The highest BCUT2D eigenvalue weighted by molar-refractivity contribution is 6.52. The number of carbonyl (C=O) groups is 1. The molecule has 5 nitrogen and oxygen atoms in total. The van der Waals surface area contributed by atoms with Gasteiger partial charge in [0.25, 0.3) is 0 Å². The minimum absolute atomic E-state index is 0.0851. The first kappa shape index (κ1) is 15.7. The number of rotatable bonds is 4. The molecule has 1 aliphatic heterocycles. The zero-order chi connectivity index (χ0) is 15.7. The minimum Gasteiger partial charge on any atom is -0.481 e. The third-order valence-electron chi connectivity index (χ3n) is 3.86. The van der Waals surface area contributed by atoms with E-state index >= 15 is 0 Å². The van der Waals surface area contributed by atoms with Crippen molar-refractivity contribution in [3.8, 4) is 0 Å². The second-order valence-electron chi connectivity index (χ2n) is 6.11. The Labute approximate surface area is 125 Å². The van der Waals surface area contributed by atoms with Crippen LogP contribution >= 0.6 is 0 Å². The van der Waals surface area contributed by atoms with Gasteiger partial charge in [-0.05, 0) is 45.9 Å². The summed E-state index contributed by atoms with van der Waals surface area (Å²) < 4.78 is 11.7. The van der Waals surface area contributed by atoms with Crippen LogP contribution in [0.15, 0.2) is 24.2 Å². The van der Waals surface area contributed by atoms with E-state index in [2.05, 4.69) is 4.98 Å². The van der Waals surface area contributed by atoms with E-state index in [9.17, 15) is 4.79 Å². The summed E-state index contributed by atoms with van der Waals surface area (Å²) in [4.78, 5) is 15.0. The van der Waals surface area contributed by atoms with Gasteiger partial charge < -0.3 is 14.4 Å². The first-order chi connectivity index (χ1) is 9.69. The summed E-state index contributed by atoms with van der Waals surface area (Å²) in [5.41, 5.74) is 0.461. The SMILES string of the molecule is CC1(C)OB(/C=C/c2cccc(CC(=O)O)n2)OC1(C)C. The molecule has 1 aromatic heterocycles. The Morgan fingerprint density at radius 3 is 2.48 bits per heavy atom. The van der Waals surface area contributed by atoms with E-state index in [-0.39, 0.29) is 17.6 Å². The summed E-state index contributed by atoms with van der Waals surface area (Å²) >= 11 is 0. The van der Waals surface area contributed by atoms with Crippen molar-refractivity contribution in [3.05, 3.63) is 35.6 Å². The zero-order valence-corrected chi connectivity index (χ0v) is 12.8. The lowest BCUT2D eigenvalue weighted by atomic mass is 9.89. The van der Waals surface area contributed by atoms with Gasteiger partial charge in [0.15, 0.2) is 0 Å². The Morgan fingerprint density at radius 1 is 1.29 bits per heavy atom. The molecule has 2 rings (SSSR count). The van der Waals surface area contributed by atoms with Crippen LogP contribution in [0.3, 0.4) is 0 Å². The quantitative estimate of drug-likeness (QED) is 0.862. The summed E-state index contributed by atoms with van der Waals surface area (Å²) in [6, 6.07) is 5.29. The van der Waals surface area contributed by atoms with Gasteiger partial charge in [0, 0.05) is 0 Å². The van der Waals surface area contributed by atoms with Crippen molar-refractivity contribution in [2.24, 2.45) is 0 Å². The maximum Gasteiger partial charge on any atom is 0.487 e. The van der Waals surface area contributed by atoms with Gasteiger partial charge in [-0.3, -0.25) is 9.78 Å². The highest BCUT2D eigenvalue weighted by atomic mass is 16.7. The zero-order valence-electron chi connectivity index (χ0n) is 12.8. The van der Waals surface area contributed by atoms with Crippen LogP contribution in [0.1, 0.15) is 39.1 Å². The topological polar surface area (TPSA) is 68.7 Å². The lowest BCUT2D eigenvalue weighted by molar-refractivity contribution is -0.136. The second kappa shape index (κ2) is 5.62.